The molecular formula is C21H26ClN3O4S. The monoisotopic (exact) mass is 451 g/mol. The van der Waals surface area contributed by atoms with Gasteiger partial charge in [0.05, 0.1) is 27.7 Å². The zero-order chi connectivity index (χ0) is 22.3. The second kappa shape index (κ2) is 10.4. The molecule has 0 heterocycles. The van der Waals surface area contributed by atoms with Crippen molar-refractivity contribution in [2.75, 3.05) is 30.5 Å². The minimum atomic E-state index is -3.92. The van der Waals surface area contributed by atoms with Crippen LogP contribution in [0.5, 0.6) is 0 Å². The molecule has 2 rings (SSSR count). The molecule has 0 aliphatic heterocycles. The van der Waals surface area contributed by atoms with Crippen LogP contribution in [0.25, 0.3) is 0 Å². The quantitative estimate of drug-likeness (QED) is 0.634. The number of amides is 2. The lowest BCUT2D eigenvalue weighted by molar-refractivity contribution is -0.121. The van der Waals surface area contributed by atoms with E-state index in [0.29, 0.717) is 12.2 Å². The molecule has 0 spiro atoms. The molecule has 9 heteroatoms. The van der Waals surface area contributed by atoms with Crippen LogP contribution in [0.15, 0.2) is 53.4 Å². The van der Waals surface area contributed by atoms with Gasteiger partial charge in [0.25, 0.3) is 15.9 Å². The Bertz CT molecular complexity index is 997. The molecule has 0 bridgehead atoms. The van der Waals surface area contributed by atoms with Crippen molar-refractivity contribution in [3.63, 3.8) is 0 Å². The number of rotatable bonds is 9. The van der Waals surface area contributed by atoms with Crippen LogP contribution in [0.2, 0.25) is 5.02 Å². The third kappa shape index (κ3) is 5.31. The smallest absolute Gasteiger partial charge is 0.264 e. The summed E-state index contributed by atoms with van der Waals surface area (Å²) in [6.45, 7) is 6.06. The fourth-order valence-corrected chi connectivity index (χ4v) is 4.66. The van der Waals surface area contributed by atoms with Crippen LogP contribution in [0.4, 0.5) is 5.69 Å². The van der Waals surface area contributed by atoms with Gasteiger partial charge in [0.15, 0.2) is 0 Å². The highest BCUT2D eigenvalue weighted by Crippen LogP contribution is 2.27. The summed E-state index contributed by atoms with van der Waals surface area (Å²) in [5, 5.41) is 2.76. The van der Waals surface area contributed by atoms with Gasteiger partial charge in [0, 0.05) is 19.6 Å². The Morgan fingerprint density at radius 1 is 1.00 bits per heavy atom. The number of carbonyl (C=O) groups excluding carboxylic acids is 2. The van der Waals surface area contributed by atoms with E-state index in [1.165, 1.54) is 27.4 Å². The normalized spacial score (nSPS) is 11.1. The van der Waals surface area contributed by atoms with Crippen molar-refractivity contribution in [1.29, 1.82) is 0 Å². The van der Waals surface area contributed by atoms with Gasteiger partial charge in [-0.1, -0.05) is 29.8 Å². The van der Waals surface area contributed by atoms with Crippen LogP contribution in [-0.4, -0.2) is 51.3 Å². The van der Waals surface area contributed by atoms with E-state index in [-0.39, 0.29) is 41.0 Å². The number of likely N-dealkylation sites (N-methyl/N-ethyl adjacent to an activating group) is 2. The average molecular weight is 452 g/mol. The fourth-order valence-electron chi connectivity index (χ4n) is 2.97. The summed E-state index contributed by atoms with van der Waals surface area (Å²) in [6.07, 6.45) is 0. The van der Waals surface area contributed by atoms with Gasteiger partial charge in [-0.05, 0) is 51.1 Å². The van der Waals surface area contributed by atoms with Crippen LogP contribution in [-0.2, 0) is 14.8 Å². The highest BCUT2D eigenvalue weighted by Gasteiger charge is 2.27. The molecule has 1 N–H and O–H groups in total. The number of carbonyl (C=O) groups is 2. The first-order valence-corrected chi connectivity index (χ1v) is 11.5. The Labute approximate surface area is 182 Å². The molecule has 2 amide bonds. The van der Waals surface area contributed by atoms with Crippen LogP contribution < -0.4 is 9.62 Å². The molecule has 0 unspecified atom stereocenters. The molecule has 30 heavy (non-hydrogen) atoms. The summed E-state index contributed by atoms with van der Waals surface area (Å²) in [5.41, 5.74) is 0.558. The number of anilines is 1. The maximum absolute atomic E-state index is 13.2. The molecule has 162 valence electrons. The third-order valence-corrected chi connectivity index (χ3v) is 6.69. The van der Waals surface area contributed by atoms with E-state index >= 15 is 0 Å². The maximum Gasteiger partial charge on any atom is 0.264 e. The Morgan fingerprint density at radius 2 is 1.67 bits per heavy atom. The van der Waals surface area contributed by atoms with Crippen LogP contribution in [0, 0.1) is 0 Å². The maximum atomic E-state index is 13.2. The summed E-state index contributed by atoms with van der Waals surface area (Å²) in [7, 11) is -3.92. The zero-order valence-corrected chi connectivity index (χ0v) is 18.8. The topological polar surface area (TPSA) is 86.8 Å². The Kier molecular flexibility index (Phi) is 8.25. The lowest BCUT2D eigenvalue weighted by atomic mass is 10.2. The summed E-state index contributed by atoms with van der Waals surface area (Å²) in [6, 6.07) is 12.8. The lowest BCUT2D eigenvalue weighted by Crippen LogP contribution is -2.40. The van der Waals surface area contributed by atoms with E-state index in [4.69, 9.17) is 11.6 Å². The standard InChI is InChI=1S/C21H26ClN3O4S/c1-4-23-20(26)15-24(5-2)21(27)18-14-17(12-13-19(18)22)30(28,29)25(6-3)16-10-8-7-9-11-16/h7-14H,4-6,15H2,1-3H3,(H,23,26). The molecule has 0 saturated heterocycles. The molecule has 7 nitrogen and oxygen atoms in total. The van der Waals surface area contributed by atoms with Crippen LogP contribution >= 0.6 is 11.6 Å². The van der Waals surface area contributed by atoms with E-state index in [2.05, 4.69) is 5.32 Å². The van der Waals surface area contributed by atoms with Crippen molar-refractivity contribution in [1.82, 2.24) is 10.2 Å². The molecule has 0 radical (unpaired) electrons. The van der Waals surface area contributed by atoms with E-state index in [9.17, 15) is 18.0 Å². The molecular weight excluding hydrogens is 426 g/mol. The lowest BCUT2D eigenvalue weighted by Gasteiger charge is -2.24. The van der Waals surface area contributed by atoms with Gasteiger partial charge in [0.2, 0.25) is 5.91 Å². The first-order chi connectivity index (χ1) is 14.3. The van der Waals surface area contributed by atoms with Crippen LogP contribution in [0.3, 0.4) is 0 Å². The molecule has 0 saturated carbocycles. The number of sulfonamides is 1. The van der Waals surface area contributed by atoms with Crippen molar-refractivity contribution in [2.45, 2.75) is 25.7 Å². The Hall–Kier alpha value is -2.58. The summed E-state index contributed by atoms with van der Waals surface area (Å²) < 4.78 is 27.8. The van der Waals surface area contributed by atoms with Gasteiger partial charge >= 0.3 is 0 Å². The Balaban J connectivity index is 2.42. The fraction of sp³-hybridized carbons (Fsp3) is 0.333. The minimum absolute atomic E-state index is 0.0352. The molecule has 0 fully saturated rings. The number of nitrogens with one attached hydrogen (secondary N) is 1. The molecule has 0 aliphatic carbocycles. The number of halogens is 1. The minimum Gasteiger partial charge on any atom is -0.355 e. The molecule has 2 aromatic carbocycles. The molecule has 2 aromatic rings. The van der Waals surface area contributed by atoms with Gasteiger partial charge in [0.1, 0.15) is 0 Å². The second-order valence-electron chi connectivity index (χ2n) is 6.42. The van der Waals surface area contributed by atoms with Gasteiger partial charge in [-0.15, -0.1) is 0 Å². The predicted octanol–water partition coefficient (Wildman–Crippen LogP) is 3.15. The highest BCUT2D eigenvalue weighted by molar-refractivity contribution is 7.92. The van der Waals surface area contributed by atoms with Crippen LogP contribution in [0.1, 0.15) is 31.1 Å². The Morgan fingerprint density at radius 3 is 2.23 bits per heavy atom. The van der Waals surface area contributed by atoms with Crippen molar-refractivity contribution in [3.05, 3.63) is 59.1 Å². The van der Waals surface area contributed by atoms with Crippen molar-refractivity contribution >= 4 is 39.1 Å². The van der Waals surface area contributed by atoms with Gasteiger partial charge in [-0.2, -0.15) is 0 Å². The van der Waals surface area contributed by atoms with Gasteiger partial charge < -0.3 is 10.2 Å². The number of hydrogen-bond acceptors (Lipinski definition) is 4. The second-order valence-corrected chi connectivity index (χ2v) is 8.69. The number of hydrogen-bond donors (Lipinski definition) is 1. The van der Waals surface area contributed by atoms with Gasteiger partial charge in [-0.25, -0.2) is 8.42 Å². The van der Waals surface area contributed by atoms with Crippen molar-refractivity contribution in [3.8, 4) is 0 Å². The number of nitrogens with zero attached hydrogens (tertiary/aromatic N) is 2. The highest BCUT2D eigenvalue weighted by atomic mass is 35.5. The average Bonchev–Trinajstić information content (AvgIpc) is 2.73. The third-order valence-electron chi connectivity index (χ3n) is 4.46. The molecule has 0 atom stereocenters. The van der Waals surface area contributed by atoms with Crippen molar-refractivity contribution < 1.29 is 18.0 Å². The zero-order valence-electron chi connectivity index (χ0n) is 17.3. The largest absolute Gasteiger partial charge is 0.355 e. The van der Waals surface area contributed by atoms with E-state index in [0.717, 1.165) is 0 Å². The number of para-hydroxylation sites is 1. The van der Waals surface area contributed by atoms with E-state index in [1.54, 1.807) is 51.1 Å². The molecule has 0 aliphatic rings. The van der Waals surface area contributed by atoms with E-state index < -0.39 is 15.9 Å². The number of benzene rings is 2. The van der Waals surface area contributed by atoms with Gasteiger partial charge in [-0.3, -0.25) is 13.9 Å². The first kappa shape index (κ1) is 23.7. The van der Waals surface area contributed by atoms with Crippen molar-refractivity contribution in [2.24, 2.45) is 0 Å². The SMILES string of the molecule is CCNC(=O)CN(CC)C(=O)c1cc(S(=O)(=O)N(CC)c2ccccc2)ccc1Cl. The van der Waals surface area contributed by atoms with E-state index in [1.807, 2.05) is 0 Å². The summed E-state index contributed by atoms with van der Waals surface area (Å²) >= 11 is 6.21. The predicted molar refractivity (Wildman–Crippen MR) is 118 cm³/mol. The summed E-state index contributed by atoms with van der Waals surface area (Å²) in [5.74, 6) is -0.803. The first-order valence-electron chi connectivity index (χ1n) is 9.69. The molecule has 0 aromatic heterocycles. The summed E-state index contributed by atoms with van der Waals surface area (Å²) in [4.78, 5) is 26.2.